The van der Waals surface area contributed by atoms with E-state index in [-0.39, 0.29) is 5.41 Å². The Balaban J connectivity index is 0.932. The SMILES string of the molecule is CC1(C)c2cc(N(c3ccc(-c4ccccc4)cc3)c3ccc(N(c4ccccc4)c4ccccc4)cc3)ccc2-c2ccc(-n3c4ccc5ccccc5c4c4c5ccccc5ccc43)cc21. The number of nitrogens with zero attached hydrogens (tertiary/aromatic N) is 3. The number of para-hydroxylation sites is 2. The number of anilines is 6. The molecule has 0 spiro atoms. The summed E-state index contributed by atoms with van der Waals surface area (Å²) in [5, 5.41) is 7.69. The van der Waals surface area contributed by atoms with Crippen LogP contribution in [0.25, 0.3) is 71.3 Å². The Morgan fingerprint density at radius 1 is 0.324 bits per heavy atom. The molecule has 0 saturated heterocycles. The number of hydrogen-bond donors (Lipinski definition) is 0. The van der Waals surface area contributed by atoms with Crippen LogP contribution >= 0.6 is 0 Å². The van der Waals surface area contributed by atoms with Gasteiger partial charge in [0.1, 0.15) is 0 Å². The summed E-state index contributed by atoms with van der Waals surface area (Å²) in [6.07, 6.45) is 0. The van der Waals surface area contributed by atoms with Crippen LogP contribution in [-0.4, -0.2) is 4.57 Å². The van der Waals surface area contributed by atoms with E-state index < -0.39 is 0 Å². The predicted molar refractivity (Wildman–Crippen MR) is 288 cm³/mol. The predicted octanol–water partition coefficient (Wildman–Crippen LogP) is 18.0. The summed E-state index contributed by atoms with van der Waals surface area (Å²) in [6.45, 7) is 4.79. The summed E-state index contributed by atoms with van der Waals surface area (Å²) < 4.78 is 2.50. The average Bonchev–Trinajstić information content (AvgIpc) is 3.86. The van der Waals surface area contributed by atoms with Crippen molar-refractivity contribution in [1.82, 2.24) is 4.57 Å². The first-order valence-corrected chi connectivity index (χ1v) is 23.6. The Morgan fingerprint density at radius 3 is 1.26 bits per heavy atom. The molecule has 12 aromatic rings. The topological polar surface area (TPSA) is 11.4 Å². The number of fused-ring (bicyclic) bond motifs is 10. The van der Waals surface area contributed by atoms with Crippen LogP contribution in [0.2, 0.25) is 0 Å². The van der Waals surface area contributed by atoms with Crippen LogP contribution in [0.4, 0.5) is 34.1 Å². The lowest BCUT2D eigenvalue weighted by atomic mass is 9.82. The van der Waals surface area contributed by atoms with Crippen LogP contribution in [0.15, 0.2) is 249 Å². The van der Waals surface area contributed by atoms with Crippen molar-refractivity contribution in [2.45, 2.75) is 19.3 Å². The maximum Gasteiger partial charge on any atom is 0.0547 e. The van der Waals surface area contributed by atoms with Crippen molar-refractivity contribution in [3.05, 3.63) is 260 Å². The van der Waals surface area contributed by atoms with Crippen LogP contribution < -0.4 is 9.80 Å². The van der Waals surface area contributed by atoms with Gasteiger partial charge in [-0.3, -0.25) is 0 Å². The van der Waals surface area contributed by atoms with Gasteiger partial charge in [-0.05, 0) is 152 Å². The largest absolute Gasteiger partial charge is 0.311 e. The van der Waals surface area contributed by atoms with Gasteiger partial charge in [-0.2, -0.15) is 0 Å². The molecule has 0 aliphatic heterocycles. The maximum absolute atomic E-state index is 2.50. The maximum atomic E-state index is 2.50. The molecule has 1 aliphatic carbocycles. The quantitative estimate of drug-likeness (QED) is 0.151. The van der Waals surface area contributed by atoms with Gasteiger partial charge in [-0.25, -0.2) is 0 Å². The van der Waals surface area contributed by atoms with Crippen molar-refractivity contribution in [2.75, 3.05) is 9.80 Å². The molecule has 0 fully saturated rings. The Hall–Kier alpha value is -8.66. The highest BCUT2D eigenvalue weighted by Crippen LogP contribution is 2.52. The van der Waals surface area contributed by atoms with E-state index in [1.165, 1.54) is 82.4 Å². The lowest BCUT2D eigenvalue weighted by molar-refractivity contribution is 0.660. The lowest BCUT2D eigenvalue weighted by Gasteiger charge is -2.29. The minimum Gasteiger partial charge on any atom is -0.311 e. The van der Waals surface area contributed by atoms with Gasteiger partial charge in [0.2, 0.25) is 0 Å². The highest BCUT2D eigenvalue weighted by atomic mass is 15.2. The van der Waals surface area contributed by atoms with Gasteiger partial charge in [0.15, 0.2) is 0 Å². The fourth-order valence-electron chi connectivity index (χ4n) is 11.1. The molecular weight excluding hydrogens is 823 g/mol. The molecule has 1 aromatic heterocycles. The number of hydrogen-bond acceptors (Lipinski definition) is 2. The summed E-state index contributed by atoms with van der Waals surface area (Å²) in [4.78, 5) is 4.72. The molecule has 11 aromatic carbocycles. The van der Waals surface area contributed by atoms with E-state index >= 15 is 0 Å². The Kier molecular flexibility index (Phi) is 9.19. The minimum absolute atomic E-state index is 0.270. The fraction of sp³-hybridized carbons (Fsp3) is 0.0462. The Labute approximate surface area is 397 Å². The molecule has 322 valence electrons. The monoisotopic (exact) mass is 869 g/mol. The fourth-order valence-corrected chi connectivity index (χ4v) is 11.1. The van der Waals surface area contributed by atoms with Gasteiger partial charge in [0, 0.05) is 56.0 Å². The van der Waals surface area contributed by atoms with Crippen molar-refractivity contribution in [1.29, 1.82) is 0 Å². The lowest BCUT2D eigenvalue weighted by Crippen LogP contribution is -2.17. The number of rotatable bonds is 8. The first kappa shape index (κ1) is 39.7. The first-order valence-electron chi connectivity index (χ1n) is 23.6. The van der Waals surface area contributed by atoms with Crippen LogP contribution in [-0.2, 0) is 5.41 Å². The highest BCUT2D eigenvalue weighted by molar-refractivity contribution is 6.28. The summed E-state index contributed by atoms with van der Waals surface area (Å²) in [7, 11) is 0. The molecule has 1 aliphatic rings. The normalized spacial score (nSPS) is 12.7. The smallest absolute Gasteiger partial charge is 0.0547 e. The molecule has 0 bridgehead atoms. The van der Waals surface area contributed by atoms with Crippen molar-refractivity contribution in [3.63, 3.8) is 0 Å². The summed E-state index contributed by atoms with van der Waals surface area (Å²) >= 11 is 0. The van der Waals surface area contributed by atoms with Crippen molar-refractivity contribution >= 4 is 77.5 Å². The van der Waals surface area contributed by atoms with Crippen molar-refractivity contribution in [2.24, 2.45) is 0 Å². The molecule has 0 saturated carbocycles. The molecule has 3 heteroatoms. The van der Waals surface area contributed by atoms with Gasteiger partial charge in [0.05, 0.1) is 11.0 Å². The van der Waals surface area contributed by atoms with E-state index in [2.05, 4.69) is 277 Å². The molecule has 0 radical (unpaired) electrons. The van der Waals surface area contributed by atoms with Gasteiger partial charge >= 0.3 is 0 Å². The molecule has 0 unspecified atom stereocenters. The number of aromatic nitrogens is 1. The van der Waals surface area contributed by atoms with E-state index in [0.717, 1.165) is 34.1 Å². The van der Waals surface area contributed by atoms with Crippen LogP contribution in [0.3, 0.4) is 0 Å². The third-order valence-electron chi connectivity index (χ3n) is 14.3. The van der Waals surface area contributed by atoms with Crippen LogP contribution in [0.5, 0.6) is 0 Å². The van der Waals surface area contributed by atoms with E-state index in [9.17, 15) is 0 Å². The third-order valence-corrected chi connectivity index (χ3v) is 14.3. The van der Waals surface area contributed by atoms with E-state index in [1.807, 2.05) is 0 Å². The molecule has 68 heavy (non-hydrogen) atoms. The summed E-state index contributed by atoms with van der Waals surface area (Å²) in [5.41, 5.74) is 17.6. The molecule has 0 atom stereocenters. The zero-order valence-corrected chi connectivity index (χ0v) is 38.0. The van der Waals surface area contributed by atoms with E-state index in [4.69, 9.17) is 0 Å². The molecule has 0 N–H and O–H groups in total. The molecule has 13 rings (SSSR count). The van der Waals surface area contributed by atoms with Crippen molar-refractivity contribution < 1.29 is 0 Å². The number of benzene rings is 11. The second-order valence-electron chi connectivity index (χ2n) is 18.6. The summed E-state index contributed by atoms with van der Waals surface area (Å²) in [5.74, 6) is 0. The van der Waals surface area contributed by atoms with Gasteiger partial charge in [0.25, 0.3) is 0 Å². The van der Waals surface area contributed by atoms with Crippen LogP contribution in [0.1, 0.15) is 25.0 Å². The summed E-state index contributed by atoms with van der Waals surface area (Å²) in [6, 6.07) is 90.9. The van der Waals surface area contributed by atoms with Crippen molar-refractivity contribution in [3.8, 4) is 27.9 Å². The highest BCUT2D eigenvalue weighted by Gasteiger charge is 2.37. The van der Waals surface area contributed by atoms with E-state index in [1.54, 1.807) is 0 Å². The van der Waals surface area contributed by atoms with Crippen LogP contribution in [0, 0.1) is 0 Å². The first-order chi connectivity index (χ1) is 33.5. The van der Waals surface area contributed by atoms with Gasteiger partial charge < -0.3 is 14.4 Å². The third kappa shape index (κ3) is 6.35. The zero-order valence-electron chi connectivity index (χ0n) is 38.0. The second kappa shape index (κ2) is 15.8. The average molecular weight is 870 g/mol. The van der Waals surface area contributed by atoms with E-state index in [0.29, 0.717) is 0 Å². The molecular formula is C65H47N3. The molecule has 0 amide bonds. The zero-order chi connectivity index (χ0) is 45.3. The Morgan fingerprint density at radius 2 is 0.721 bits per heavy atom. The van der Waals surface area contributed by atoms with Gasteiger partial charge in [-0.15, -0.1) is 0 Å². The molecule has 3 nitrogen and oxygen atoms in total. The van der Waals surface area contributed by atoms with Gasteiger partial charge in [-0.1, -0.05) is 166 Å². The second-order valence-corrected chi connectivity index (χ2v) is 18.6. The Bertz CT molecular complexity index is 3720. The minimum atomic E-state index is -0.270. The molecule has 1 heterocycles. The standard InChI is InChI=1S/C65H47N3/c1-65(2)59-42-53(67(50-30-26-45(27-31-50)44-16-6-3-7-17-44)52-34-32-51(33-35-52)66(48-20-8-4-9-21-48)49-22-10-5-11-23-49)36-38-57(59)58-39-37-54(43-60(58)65)68-61-40-28-46-18-12-14-24-55(46)63(61)64-56-25-15-13-19-47(56)29-41-62(64)68/h3-43H,1-2H3.